The van der Waals surface area contributed by atoms with Crippen molar-refractivity contribution in [2.75, 3.05) is 39.3 Å². The standard InChI is InChI=1S/C13H22N4O4/c18-10(17-6-4-14-5-7-17)8-15-12(21)16-9-13(11(19)20)2-1-3-13/h14H,1-9H2,(H,19,20)(H2,15,16,21). The molecule has 8 nitrogen and oxygen atoms in total. The highest BCUT2D eigenvalue weighted by molar-refractivity contribution is 5.84. The summed E-state index contributed by atoms with van der Waals surface area (Å²) in [5.41, 5.74) is -0.820. The van der Waals surface area contributed by atoms with Gasteiger partial charge in [0.2, 0.25) is 5.91 Å². The highest BCUT2D eigenvalue weighted by Gasteiger charge is 2.44. The minimum atomic E-state index is -0.869. The molecule has 0 bridgehead atoms. The van der Waals surface area contributed by atoms with Crippen LogP contribution in [0.4, 0.5) is 4.79 Å². The van der Waals surface area contributed by atoms with Gasteiger partial charge in [0.15, 0.2) is 0 Å². The number of carbonyl (C=O) groups is 3. The number of hydrogen-bond acceptors (Lipinski definition) is 4. The number of nitrogens with one attached hydrogen (secondary N) is 3. The minimum absolute atomic E-state index is 0.0636. The van der Waals surface area contributed by atoms with E-state index in [1.54, 1.807) is 4.90 Å². The van der Waals surface area contributed by atoms with Crippen LogP contribution < -0.4 is 16.0 Å². The zero-order valence-electron chi connectivity index (χ0n) is 12.0. The van der Waals surface area contributed by atoms with Crippen molar-refractivity contribution in [3.8, 4) is 0 Å². The summed E-state index contributed by atoms with van der Waals surface area (Å²) in [7, 11) is 0. The van der Waals surface area contributed by atoms with Crippen LogP contribution in [0.1, 0.15) is 19.3 Å². The highest BCUT2D eigenvalue weighted by atomic mass is 16.4. The van der Waals surface area contributed by atoms with Crippen LogP contribution in [0.25, 0.3) is 0 Å². The molecule has 0 spiro atoms. The summed E-state index contributed by atoms with van der Waals surface area (Å²) >= 11 is 0. The fourth-order valence-corrected chi connectivity index (χ4v) is 2.56. The van der Waals surface area contributed by atoms with Crippen molar-refractivity contribution < 1.29 is 19.5 Å². The van der Waals surface area contributed by atoms with Crippen LogP contribution >= 0.6 is 0 Å². The Bertz CT molecular complexity index is 416. The van der Waals surface area contributed by atoms with Gasteiger partial charge in [-0.15, -0.1) is 0 Å². The van der Waals surface area contributed by atoms with E-state index in [1.807, 2.05) is 0 Å². The Balaban J connectivity index is 1.67. The first-order valence-electron chi connectivity index (χ1n) is 7.27. The maximum atomic E-state index is 11.8. The lowest BCUT2D eigenvalue weighted by atomic mass is 9.69. The average Bonchev–Trinajstić information content (AvgIpc) is 2.44. The molecule has 1 heterocycles. The molecule has 2 fully saturated rings. The van der Waals surface area contributed by atoms with Crippen molar-refractivity contribution in [2.45, 2.75) is 19.3 Å². The monoisotopic (exact) mass is 298 g/mol. The van der Waals surface area contributed by atoms with Crippen LogP contribution in [0.3, 0.4) is 0 Å². The molecule has 4 N–H and O–H groups in total. The normalized spacial score (nSPS) is 20.3. The molecule has 8 heteroatoms. The Kier molecular flexibility index (Phi) is 5.00. The van der Waals surface area contributed by atoms with Gasteiger partial charge in [-0.25, -0.2) is 4.79 Å². The van der Waals surface area contributed by atoms with Gasteiger partial charge in [0.25, 0.3) is 0 Å². The molecule has 0 unspecified atom stereocenters. The smallest absolute Gasteiger partial charge is 0.315 e. The molecule has 118 valence electrons. The Morgan fingerprint density at radius 1 is 1.14 bits per heavy atom. The van der Waals surface area contributed by atoms with Crippen molar-refractivity contribution in [3.63, 3.8) is 0 Å². The van der Waals surface area contributed by atoms with Gasteiger partial charge in [-0.1, -0.05) is 6.42 Å². The fraction of sp³-hybridized carbons (Fsp3) is 0.769. The number of nitrogens with zero attached hydrogens (tertiary/aromatic N) is 1. The van der Waals surface area contributed by atoms with Crippen molar-refractivity contribution >= 4 is 17.9 Å². The van der Waals surface area contributed by atoms with Gasteiger partial charge in [-0.2, -0.15) is 0 Å². The SMILES string of the molecule is O=C(NCC(=O)N1CCNCC1)NCC1(C(=O)O)CCC1. The van der Waals surface area contributed by atoms with E-state index < -0.39 is 17.4 Å². The van der Waals surface area contributed by atoms with E-state index in [0.29, 0.717) is 25.9 Å². The van der Waals surface area contributed by atoms with E-state index >= 15 is 0 Å². The number of rotatable bonds is 5. The zero-order valence-corrected chi connectivity index (χ0v) is 12.0. The second-order valence-electron chi connectivity index (χ2n) is 5.61. The molecule has 1 aliphatic carbocycles. The van der Waals surface area contributed by atoms with Gasteiger partial charge in [-0.05, 0) is 12.8 Å². The van der Waals surface area contributed by atoms with Gasteiger partial charge in [0.05, 0.1) is 12.0 Å². The lowest BCUT2D eigenvalue weighted by Gasteiger charge is -2.37. The van der Waals surface area contributed by atoms with Crippen molar-refractivity contribution in [1.82, 2.24) is 20.9 Å². The van der Waals surface area contributed by atoms with Crippen molar-refractivity contribution in [1.29, 1.82) is 0 Å². The Morgan fingerprint density at radius 3 is 2.33 bits per heavy atom. The predicted molar refractivity (Wildman–Crippen MR) is 74.8 cm³/mol. The van der Waals surface area contributed by atoms with E-state index in [-0.39, 0.29) is 19.0 Å². The molecule has 21 heavy (non-hydrogen) atoms. The second kappa shape index (κ2) is 6.75. The summed E-state index contributed by atoms with van der Waals surface area (Å²) in [6, 6.07) is -0.494. The van der Waals surface area contributed by atoms with Crippen LogP contribution in [-0.4, -0.2) is 67.2 Å². The van der Waals surface area contributed by atoms with Crippen LogP contribution in [0.5, 0.6) is 0 Å². The van der Waals surface area contributed by atoms with E-state index in [9.17, 15) is 14.4 Å². The van der Waals surface area contributed by atoms with Crippen LogP contribution in [0.2, 0.25) is 0 Å². The largest absolute Gasteiger partial charge is 0.481 e. The summed E-state index contributed by atoms with van der Waals surface area (Å²) in [4.78, 5) is 36.3. The Morgan fingerprint density at radius 2 is 1.81 bits per heavy atom. The minimum Gasteiger partial charge on any atom is -0.481 e. The molecule has 0 atom stereocenters. The number of aliphatic carboxylic acids is 1. The summed E-state index contributed by atoms with van der Waals surface area (Å²) < 4.78 is 0. The second-order valence-corrected chi connectivity index (χ2v) is 5.61. The first-order valence-corrected chi connectivity index (χ1v) is 7.27. The molecule has 0 radical (unpaired) electrons. The highest BCUT2D eigenvalue weighted by Crippen LogP contribution is 2.40. The molecule has 2 rings (SSSR count). The number of carbonyl (C=O) groups excluding carboxylic acids is 2. The first-order chi connectivity index (χ1) is 10.0. The third kappa shape index (κ3) is 3.84. The lowest BCUT2D eigenvalue weighted by Crippen LogP contribution is -2.52. The number of amides is 3. The molecule has 1 saturated heterocycles. The summed E-state index contributed by atoms with van der Waals surface area (Å²) in [5.74, 6) is -0.991. The van der Waals surface area contributed by atoms with Crippen molar-refractivity contribution in [3.05, 3.63) is 0 Å². The average molecular weight is 298 g/mol. The molecule has 2 aliphatic rings. The quantitative estimate of drug-likeness (QED) is 0.519. The molecule has 0 aromatic carbocycles. The number of piperazine rings is 1. The Labute approximate surface area is 123 Å². The van der Waals surface area contributed by atoms with E-state index in [2.05, 4.69) is 16.0 Å². The van der Waals surface area contributed by atoms with Gasteiger partial charge >= 0.3 is 12.0 Å². The number of carboxylic acids is 1. The third-order valence-corrected chi connectivity index (χ3v) is 4.22. The molecule has 0 aromatic rings. The van der Waals surface area contributed by atoms with E-state index in [0.717, 1.165) is 19.5 Å². The summed E-state index contributed by atoms with van der Waals surface area (Å²) in [6.07, 6.45) is 2.04. The molecule has 0 aromatic heterocycles. The molecule has 1 aliphatic heterocycles. The molecular formula is C13H22N4O4. The van der Waals surface area contributed by atoms with Gasteiger partial charge < -0.3 is 26.0 Å². The summed E-state index contributed by atoms with van der Waals surface area (Å²) in [6.45, 7) is 2.86. The van der Waals surface area contributed by atoms with Crippen LogP contribution in [0, 0.1) is 5.41 Å². The molecule has 3 amide bonds. The maximum absolute atomic E-state index is 11.8. The van der Waals surface area contributed by atoms with Crippen LogP contribution in [-0.2, 0) is 9.59 Å². The zero-order chi connectivity index (χ0) is 15.3. The van der Waals surface area contributed by atoms with Crippen LogP contribution in [0.15, 0.2) is 0 Å². The lowest BCUT2D eigenvalue weighted by molar-refractivity contribution is -0.153. The maximum Gasteiger partial charge on any atom is 0.315 e. The topological polar surface area (TPSA) is 111 Å². The van der Waals surface area contributed by atoms with Gasteiger partial charge in [0.1, 0.15) is 0 Å². The molecular weight excluding hydrogens is 276 g/mol. The van der Waals surface area contributed by atoms with Gasteiger partial charge in [0, 0.05) is 32.7 Å². The van der Waals surface area contributed by atoms with Crippen molar-refractivity contribution in [2.24, 2.45) is 5.41 Å². The first kappa shape index (κ1) is 15.6. The number of urea groups is 1. The summed E-state index contributed by atoms with van der Waals surface area (Å²) in [5, 5.41) is 17.3. The number of carboxylic acid groups (broad SMARTS) is 1. The van der Waals surface area contributed by atoms with E-state index in [4.69, 9.17) is 5.11 Å². The van der Waals surface area contributed by atoms with E-state index in [1.165, 1.54) is 0 Å². The van der Waals surface area contributed by atoms with Gasteiger partial charge in [-0.3, -0.25) is 9.59 Å². The molecule has 1 saturated carbocycles. The number of hydrogen-bond donors (Lipinski definition) is 4. The Hall–Kier alpha value is -1.83. The fourth-order valence-electron chi connectivity index (χ4n) is 2.56. The third-order valence-electron chi connectivity index (χ3n) is 4.22. The predicted octanol–water partition coefficient (Wildman–Crippen LogP) is -1.03.